The van der Waals surface area contributed by atoms with Gasteiger partial charge in [-0.1, -0.05) is 6.07 Å². The quantitative estimate of drug-likeness (QED) is 0.335. The molecule has 0 atom stereocenters. The molecular weight excluding hydrogens is 379 g/mol. The smallest absolute Gasteiger partial charge is 0.191 e. The highest BCUT2D eigenvalue weighted by Crippen LogP contribution is 2.04. The van der Waals surface area contributed by atoms with Crippen molar-refractivity contribution in [1.29, 1.82) is 0 Å². The zero-order valence-electron chi connectivity index (χ0n) is 12.5. The van der Waals surface area contributed by atoms with Crippen LogP contribution in [0.25, 0.3) is 5.65 Å². The van der Waals surface area contributed by atoms with Gasteiger partial charge in [-0.2, -0.15) is 0 Å². The van der Waals surface area contributed by atoms with Crippen LogP contribution in [0.5, 0.6) is 0 Å². The molecule has 0 aliphatic heterocycles. The van der Waals surface area contributed by atoms with E-state index in [1.165, 1.54) is 0 Å². The van der Waals surface area contributed by atoms with Gasteiger partial charge in [0.15, 0.2) is 11.6 Å². The third-order valence-corrected chi connectivity index (χ3v) is 2.90. The van der Waals surface area contributed by atoms with Crippen LogP contribution >= 0.6 is 24.0 Å². The number of guanidine groups is 1. The molecule has 0 radical (unpaired) electrons. The second-order valence-electron chi connectivity index (χ2n) is 4.44. The van der Waals surface area contributed by atoms with Gasteiger partial charge in [-0.05, 0) is 32.4 Å². The Hall–Kier alpha value is -1.38. The highest BCUT2D eigenvalue weighted by atomic mass is 127. The first-order valence-electron chi connectivity index (χ1n) is 7.16. The van der Waals surface area contributed by atoms with Gasteiger partial charge in [0.05, 0.1) is 0 Å². The molecule has 7 heteroatoms. The normalized spacial score (nSPS) is 10.0. The monoisotopic (exact) mass is 402 g/mol. The van der Waals surface area contributed by atoms with Crippen molar-refractivity contribution in [1.82, 2.24) is 25.2 Å². The fourth-order valence-electron chi connectivity index (χ4n) is 2.00. The van der Waals surface area contributed by atoms with E-state index in [0.29, 0.717) is 0 Å². The molecule has 2 heterocycles. The third kappa shape index (κ3) is 5.14. The van der Waals surface area contributed by atoms with Crippen molar-refractivity contribution >= 4 is 35.6 Å². The number of hydrogen-bond donors (Lipinski definition) is 2. The predicted molar refractivity (Wildman–Crippen MR) is 96.4 cm³/mol. The highest BCUT2D eigenvalue weighted by Gasteiger charge is 2.03. The second kappa shape index (κ2) is 9.54. The average Bonchev–Trinajstić information content (AvgIpc) is 2.87. The summed E-state index contributed by atoms with van der Waals surface area (Å²) < 4.78 is 2.03. The number of aryl methyl sites for hydroxylation is 1. The molecule has 2 N–H and O–H groups in total. The van der Waals surface area contributed by atoms with Gasteiger partial charge in [0, 0.05) is 32.3 Å². The lowest BCUT2D eigenvalue weighted by molar-refractivity contribution is 0.756. The number of aliphatic imine (C=N–C) groups is 1. The van der Waals surface area contributed by atoms with Crippen molar-refractivity contribution in [2.75, 3.05) is 19.6 Å². The Morgan fingerprint density at radius 2 is 1.95 bits per heavy atom. The van der Waals surface area contributed by atoms with Gasteiger partial charge < -0.3 is 10.6 Å². The molecule has 0 saturated heterocycles. The van der Waals surface area contributed by atoms with E-state index in [-0.39, 0.29) is 24.0 Å². The van der Waals surface area contributed by atoms with Crippen LogP contribution in [0.4, 0.5) is 0 Å². The Bertz CT molecular complexity index is 557. The Morgan fingerprint density at radius 1 is 1.19 bits per heavy atom. The van der Waals surface area contributed by atoms with Crippen LogP contribution in [0.3, 0.4) is 0 Å². The number of nitrogens with zero attached hydrogens (tertiary/aromatic N) is 4. The number of rotatable bonds is 6. The van der Waals surface area contributed by atoms with Crippen LogP contribution in [0.1, 0.15) is 26.1 Å². The van der Waals surface area contributed by atoms with Crippen molar-refractivity contribution in [3.05, 3.63) is 30.2 Å². The van der Waals surface area contributed by atoms with Crippen LogP contribution in [0.2, 0.25) is 0 Å². The fourth-order valence-corrected chi connectivity index (χ4v) is 2.00. The van der Waals surface area contributed by atoms with Gasteiger partial charge in [-0.25, -0.2) is 0 Å². The lowest BCUT2D eigenvalue weighted by atomic mass is 10.3. The zero-order valence-corrected chi connectivity index (χ0v) is 14.9. The van der Waals surface area contributed by atoms with Crippen LogP contribution in [0.15, 0.2) is 29.4 Å². The molecule has 21 heavy (non-hydrogen) atoms. The summed E-state index contributed by atoms with van der Waals surface area (Å²) >= 11 is 0. The maximum atomic E-state index is 4.52. The largest absolute Gasteiger partial charge is 0.357 e. The molecule has 0 aromatic carbocycles. The van der Waals surface area contributed by atoms with Crippen molar-refractivity contribution in [3.63, 3.8) is 0 Å². The number of fused-ring (bicyclic) bond motifs is 1. The first kappa shape index (κ1) is 17.7. The minimum Gasteiger partial charge on any atom is -0.357 e. The van der Waals surface area contributed by atoms with Crippen molar-refractivity contribution in [3.8, 4) is 0 Å². The number of pyridine rings is 1. The Balaban J connectivity index is 0.00000220. The lowest BCUT2D eigenvalue weighted by Gasteiger charge is -2.08. The minimum absolute atomic E-state index is 0. The molecule has 2 rings (SSSR count). The molecule has 0 spiro atoms. The summed E-state index contributed by atoms with van der Waals surface area (Å²) in [6.45, 7) is 6.66. The van der Waals surface area contributed by atoms with Gasteiger partial charge in [-0.15, -0.1) is 34.2 Å². The van der Waals surface area contributed by atoms with Gasteiger partial charge in [0.1, 0.15) is 5.82 Å². The Labute approximate surface area is 142 Å². The standard InChI is InChI=1S/C14H22N6.HI/c1-3-15-14(16-4-2)17-10-7-9-13-19-18-12-8-5-6-11-20(12)13;/h5-6,8,11H,3-4,7,9-10H2,1-2H3,(H2,15,16,17);1H. The molecule has 0 saturated carbocycles. The van der Waals surface area contributed by atoms with Crippen molar-refractivity contribution < 1.29 is 0 Å². The van der Waals surface area contributed by atoms with Crippen molar-refractivity contribution in [2.24, 2.45) is 4.99 Å². The molecule has 116 valence electrons. The van der Waals surface area contributed by atoms with Crippen molar-refractivity contribution in [2.45, 2.75) is 26.7 Å². The summed E-state index contributed by atoms with van der Waals surface area (Å²) in [5.41, 5.74) is 0.895. The Kier molecular flexibility index (Phi) is 8.03. The van der Waals surface area contributed by atoms with E-state index in [0.717, 1.165) is 49.9 Å². The zero-order chi connectivity index (χ0) is 14.2. The van der Waals surface area contributed by atoms with Gasteiger partial charge >= 0.3 is 0 Å². The molecule has 0 aliphatic rings. The SMILES string of the molecule is CCNC(=NCCCc1nnc2ccccn12)NCC.I. The maximum Gasteiger partial charge on any atom is 0.191 e. The summed E-state index contributed by atoms with van der Waals surface area (Å²) in [7, 11) is 0. The summed E-state index contributed by atoms with van der Waals surface area (Å²) in [5.74, 6) is 1.87. The van der Waals surface area contributed by atoms with E-state index >= 15 is 0 Å². The first-order valence-corrected chi connectivity index (χ1v) is 7.16. The lowest BCUT2D eigenvalue weighted by Crippen LogP contribution is -2.37. The molecule has 6 nitrogen and oxygen atoms in total. The van der Waals surface area contributed by atoms with E-state index in [1.54, 1.807) is 0 Å². The summed E-state index contributed by atoms with van der Waals surface area (Å²) in [6.07, 6.45) is 3.83. The van der Waals surface area contributed by atoms with Gasteiger partial charge in [-0.3, -0.25) is 9.39 Å². The summed E-state index contributed by atoms with van der Waals surface area (Å²) in [5, 5.41) is 14.8. The Morgan fingerprint density at radius 3 is 2.67 bits per heavy atom. The van der Waals surface area contributed by atoms with Crippen LogP contribution in [0, 0.1) is 0 Å². The van der Waals surface area contributed by atoms with E-state index in [9.17, 15) is 0 Å². The summed E-state index contributed by atoms with van der Waals surface area (Å²) in [4.78, 5) is 4.52. The molecule has 0 fully saturated rings. The molecule has 2 aromatic rings. The number of aromatic nitrogens is 3. The van der Waals surface area contributed by atoms with E-state index < -0.39 is 0 Å². The molecule has 0 amide bonds. The molecule has 0 unspecified atom stereocenters. The predicted octanol–water partition coefficient (Wildman–Crippen LogP) is 1.85. The number of halogens is 1. The maximum absolute atomic E-state index is 4.52. The van der Waals surface area contributed by atoms with Crippen LogP contribution < -0.4 is 10.6 Å². The molecule has 0 aliphatic carbocycles. The molecule has 0 bridgehead atoms. The fraction of sp³-hybridized carbons (Fsp3) is 0.500. The topological polar surface area (TPSA) is 66.6 Å². The highest BCUT2D eigenvalue weighted by molar-refractivity contribution is 14.0. The molecular formula is C14H23IN6. The second-order valence-corrected chi connectivity index (χ2v) is 4.44. The average molecular weight is 402 g/mol. The van der Waals surface area contributed by atoms with E-state index in [4.69, 9.17) is 0 Å². The van der Waals surface area contributed by atoms with Crippen LogP contribution in [-0.4, -0.2) is 40.2 Å². The van der Waals surface area contributed by atoms with E-state index in [2.05, 4.69) is 39.7 Å². The molecule has 2 aromatic heterocycles. The first-order chi connectivity index (χ1) is 9.85. The summed E-state index contributed by atoms with van der Waals surface area (Å²) in [6, 6.07) is 5.92. The third-order valence-electron chi connectivity index (χ3n) is 2.90. The van der Waals surface area contributed by atoms with E-state index in [1.807, 2.05) is 28.8 Å². The van der Waals surface area contributed by atoms with Crippen LogP contribution in [-0.2, 0) is 6.42 Å². The number of nitrogens with one attached hydrogen (secondary N) is 2. The van der Waals surface area contributed by atoms with Gasteiger partial charge in [0.2, 0.25) is 0 Å². The minimum atomic E-state index is 0. The number of hydrogen-bond acceptors (Lipinski definition) is 3. The van der Waals surface area contributed by atoms with Gasteiger partial charge in [0.25, 0.3) is 0 Å².